The third-order valence-corrected chi connectivity index (χ3v) is 3.80. The number of ether oxygens (including phenoxy) is 1. The van der Waals surface area contributed by atoms with Crippen LogP contribution in [0.25, 0.3) is 0 Å². The molecule has 0 fully saturated rings. The minimum atomic E-state index is -2.32. The van der Waals surface area contributed by atoms with Crippen LogP contribution in [0.2, 0.25) is 0 Å². The summed E-state index contributed by atoms with van der Waals surface area (Å²) in [5.74, 6) is -4.69. The second-order valence-corrected chi connectivity index (χ2v) is 7.22. The molecule has 0 heterocycles. The standard InChI is InChI=1S/C18H25NO7/c1-17(2,3)26-16(25)18(19,15(23)24)9-8-12(14(21)22)10-11-4-6-13(20)7-5-11/h4-7,12,20H,8-10,19H2,1-3H3,(H,21,22)(H,23,24). The van der Waals surface area contributed by atoms with Crippen molar-refractivity contribution in [1.29, 1.82) is 0 Å². The lowest BCUT2D eigenvalue weighted by Gasteiger charge is -2.28. The van der Waals surface area contributed by atoms with Crippen LogP contribution < -0.4 is 5.73 Å². The summed E-state index contributed by atoms with van der Waals surface area (Å²) in [6.45, 7) is 4.74. The summed E-state index contributed by atoms with van der Waals surface area (Å²) >= 11 is 0. The number of hydrogen-bond donors (Lipinski definition) is 4. The first-order valence-corrected chi connectivity index (χ1v) is 8.11. The molecule has 0 saturated carbocycles. The van der Waals surface area contributed by atoms with Gasteiger partial charge >= 0.3 is 17.9 Å². The van der Waals surface area contributed by atoms with Crippen LogP contribution in [0.4, 0.5) is 0 Å². The van der Waals surface area contributed by atoms with Gasteiger partial charge < -0.3 is 25.8 Å². The third-order valence-electron chi connectivity index (χ3n) is 3.80. The maximum atomic E-state index is 12.2. The molecule has 0 aliphatic carbocycles. The molecule has 0 bridgehead atoms. The van der Waals surface area contributed by atoms with Crippen molar-refractivity contribution in [2.75, 3.05) is 0 Å². The smallest absolute Gasteiger partial charge is 0.338 e. The van der Waals surface area contributed by atoms with Crippen LogP contribution in [0.1, 0.15) is 39.2 Å². The molecule has 0 spiro atoms. The molecule has 144 valence electrons. The van der Waals surface area contributed by atoms with E-state index in [9.17, 15) is 29.7 Å². The SMILES string of the molecule is CC(C)(C)OC(=O)C(N)(CCC(Cc1ccc(O)cc1)C(=O)O)C(=O)O. The Labute approximate surface area is 151 Å². The van der Waals surface area contributed by atoms with E-state index in [0.29, 0.717) is 5.56 Å². The number of nitrogens with two attached hydrogens (primary N) is 1. The highest BCUT2D eigenvalue weighted by Crippen LogP contribution is 2.23. The Bertz CT molecular complexity index is 663. The zero-order valence-corrected chi connectivity index (χ0v) is 15.1. The first-order chi connectivity index (χ1) is 11.8. The van der Waals surface area contributed by atoms with Crippen LogP contribution in [0.3, 0.4) is 0 Å². The lowest BCUT2D eigenvalue weighted by Crippen LogP contribution is -2.57. The van der Waals surface area contributed by atoms with Crippen LogP contribution in [0, 0.1) is 5.92 Å². The van der Waals surface area contributed by atoms with Gasteiger partial charge in [0.05, 0.1) is 5.92 Å². The fourth-order valence-corrected chi connectivity index (χ4v) is 2.30. The van der Waals surface area contributed by atoms with E-state index in [1.54, 1.807) is 32.9 Å². The van der Waals surface area contributed by atoms with Crippen molar-refractivity contribution in [3.8, 4) is 5.75 Å². The van der Waals surface area contributed by atoms with E-state index in [1.807, 2.05) is 0 Å². The minimum Gasteiger partial charge on any atom is -0.508 e. The Balaban J connectivity index is 2.89. The fraction of sp³-hybridized carbons (Fsp3) is 0.500. The van der Waals surface area contributed by atoms with Crippen molar-refractivity contribution >= 4 is 17.9 Å². The van der Waals surface area contributed by atoms with Crippen molar-refractivity contribution in [3.63, 3.8) is 0 Å². The Morgan fingerprint density at radius 3 is 2.08 bits per heavy atom. The van der Waals surface area contributed by atoms with Crippen molar-refractivity contribution < 1.29 is 34.4 Å². The number of esters is 1. The zero-order valence-electron chi connectivity index (χ0n) is 15.1. The second-order valence-electron chi connectivity index (χ2n) is 7.22. The monoisotopic (exact) mass is 367 g/mol. The van der Waals surface area contributed by atoms with Crippen LogP contribution in [0.15, 0.2) is 24.3 Å². The molecule has 26 heavy (non-hydrogen) atoms. The molecule has 0 radical (unpaired) electrons. The molecule has 0 aliphatic rings. The highest BCUT2D eigenvalue weighted by atomic mass is 16.6. The lowest BCUT2D eigenvalue weighted by molar-refractivity contribution is -0.170. The highest BCUT2D eigenvalue weighted by Gasteiger charge is 2.45. The zero-order chi connectivity index (χ0) is 20.1. The van der Waals surface area contributed by atoms with Crippen molar-refractivity contribution in [1.82, 2.24) is 0 Å². The Morgan fingerprint density at radius 1 is 1.12 bits per heavy atom. The number of phenols is 1. The van der Waals surface area contributed by atoms with Gasteiger partial charge in [-0.1, -0.05) is 12.1 Å². The van der Waals surface area contributed by atoms with Gasteiger partial charge in [-0.25, -0.2) is 9.59 Å². The molecule has 5 N–H and O–H groups in total. The Morgan fingerprint density at radius 2 is 1.65 bits per heavy atom. The number of carbonyl (C=O) groups excluding carboxylic acids is 1. The normalized spacial score (nSPS) is 14.9. The van der Waals surface area contributed by atoms with E-state index >= 15 is 0 Å². The van der Waals surface area contributed by atoms with Gasteiger partial charge in [-0.05, 0) is 57.7 Å². The molecular weight excluding hydrogens is 342 g/mol. The van der Waals surface area contributed by atoms with E-state index in [0.717, 1.165) is 0 Å². The summed E-state index contributed by atoms with van der Waals surface area (Å²) < 4.78 is 5.07. The molecule has 8 heteroatoms. The Kier molecular flexibility index (Phi) is 6.74. The summed E-state index contributed by atoms with van der Waals surface area (Å²) in [5, 5.41) is 28.0. The quantitative estimate of drug-likeness (QED) is 0.399. The minimum absolute atomic E-state index is 0.0532. The largest absolute Gasteiger partial charge is 0.508 e. The summed E-state index contributed by atoms with van der Waals surface area (Å²) in [4.78, 5) is 35.2. The maximum absolute atomic E-state index is 12.2. The van der Waals surface area contributed by atoms with Gasteiger partial charge in [0.1, 0.15) is 11.4 Å². The molecule has 2 unspecified atom stereocenters. The summed E-state index contributed by atoms with van der Waals surface area (Å²) in [6, 6.07) is 6.01. The molecule has 8 nitrogen and oxygen atoms in total. The lowest BCUT2D eigenvalue weighted by atomic mass is 9.87. The molecular formula is C18H25NO7. The van der Waals surface area contributed by atoms with E-state index in [4.69, 9.17) is 10.5 Å². The van der Waals surface area contributed by atoms with Gasteiger partial charge in [0.2, 0.25) is 5.54 Å². The molecule has 1 aromatic carbocycles. The third kappa shape index (κ3) is 6.03. The van der Waals surface area contributed by atoms with Crippen LogP contribution >= 0.6 is 0 Å². The van der Waals surface area contributed by atoms with Gasteiger partial charge in [0.15, 0.2) is 0 Å². The first-order valence-electron chi connectivity index (χ1n) is 8.11. The van der Waals surface area contributed by atoms with Gasteiger partial charge in [-0.15, -0.1) is 0 Å². The second kappa shape index (κ2) is 8.18. The molecule has 1 aromatic rings. The molecule has 1 rings (SSSR count). The van der Waals surface area contributed by atoms with Gasteiger partial charge in [0.25, 0.3) is 0 Å². The number of phenolic OH excluding ortho intramolecular Hbond substituents is 1. The van der Waals surface area contributed by atoms with Crippen LogP contribution in [-0.2, 0) is 25.5 Å². The van der Waals surface area contributed by atoms with Gasteiger partial charge in [0, 0.05) is 0 Å². The average Bonchev–Trinajstić information content (AvgIpc) is 2.50. The molecule has 0 aromatic heterocycles. The number of carboxylic acids is 2. The van der Waals surface area contributed by atoms with Crippen LogP contribution in [-0.4, -0.2) is 44.4 Å². The van der Waals surface area contributed by atoms with Crippen molar-refractivity contribution in [2.45, 2.75) is 51.2 Å². The predicted octanol–water partition coefficient (Wildman–Crippen LogP) is 1.54. The van der Waals surface area contributed by atoms with Gasteiger partial charge in [-0.2, -0.15) is 0 Å². The fourth-order valence-electron chi connectivity index (χ4n) is 2.30. The molecule has 0 saturated heterocycles. The molecule has 0 aliphatic heterocycles. The average molecular weight is 367 g/mol. The number of rotatable bonds is 8. The van der Waals surface area contributed by atoms with E-state index in [-0.39, 0.29) is 25.0 Å². The highest BCUT2D eigenvalue weighted by molar-refractivity contribution is 6.03. The first kappa shape index (κ1) is 21.4. The number of benzene rings is 1. The number of hydrogen-bond acceptors (Lipinski definition) is 6. The number of carboxylic acid groups (broad SMARTS) is 2. The Hall–Kier alpha value is -2.61. The number of carbonyl (C=O) groups is 3. The van der Waals surface area contributed by atoms with E-state index < -0.39 is 35.0 Å². The van der Waals surface area contributed by atoms with Crippen molar-refractivity contribution in [2.24, 2.45) is 11.7 Å². The molecule has 0 amide bonds. The van der Waals surface area contributed by atoms with Crippen molar-refractivity contribution in [3.05, 3.63) is 29.8 Å². The maximum Gasteiger partial charge on any atom is 0.338 e. The summed E-state index contributed by atoms with van der Waals surface area (Å²) in [6.07, 6.45) is -0.399. The van der Waals surface area contributed by atoms with E-state index in [2.05, 4.69) is 0 Å². The summed E-state index contributed by atoms with van der Waals surface area (Å²) in [5.41, 5.74) is 3.17. The predicted molar refractivity (Wildman–Crippen MR) is 92.6 cm³/mol. The van der Waals surface area contributed by atoms with Crippen LogP contribution in [0.5, 0.6) is 5.75 Å². The number of aliphatic carboxylic acids is 2. The topological polar surface area (TPSA) is 147 Å². The molecule has 2 atom stereocenters. The van der Waals surface area contributed by atoms with Gasteiger partial charge in [-0.3, -0.25) is 4.79 Å². The summed E-state index contributed by atoms with van der Waals surface area (Å²) in [7, 11) is 0. The number of aromatic hydroxyl groups is 1. The van der Waals surface area contributed by atoms with E-state index in [1.165, 1.54) is 12.1 Å².